The van der Waals surface area contributed by atoms with Crippen molar-refractivity contribution < 1.29 is 0 Å². The maximum absolute atomic E-state index is 4.17. The highest BCUT2D eigenvalue weighted by atomic mass is 14.7. The lowest BCUT2D eigenvalue weighted by atomic mass is 9.47. The van der Waals surface area contributed by atoms with Crippen LogP contribution in [0.15, 0.2) is 12.7 Å². The molecule has 0 nitrogen and oxygen atoms in total. The third kappa shape index (κ3) is 2.04. The van der Waals surface area contributed by atoms with Crippen molar-refractivity contribution in [1.82, 2.24) is 0 Å². The summed E-state index contributed by atoms with van der Waals surface area (Å²) in [4.78, 5) is 0. The summed E-state index contributed by atoms with van der Waals surface area (Å²) < 4.78 is 0. The Bertz CT molecular complexity index is 520. The Balaban J connectivity index is 1.43. The zero-order valence-corrected chi connectivity index (χ0v) is 16.2. The fourth-order valence-corrected chi connectivity index (χ4v) is 9.25. The Morgan fingerprint density at radius 1 is 0.917 bits per heavy atom. The molecule has 0 spiro atoms. The van der Waals surface area contributed by atoms with Gasteiger partial charge in [-0.3, -0.25) is 0 Å². The number of hydrogen-bond acceptors (Lipinski definition) is 0. The van der Waals surface area contributed by atoms with Crippen LogP contribution in [-0.4, -0.2) is 0 Å². The standard InChI is InChI=1S/C24H38/c1-5-15(3)22-20-13-21(20)23-19-9-7-16-12-14(2)6-8-17(16)18(19)10-11-24(22,23)4/h5,14-23H,1,6-13H2,2-4H3/t14?,15?,16?,17?,18?,19?,20-,21?,22?,23?,24?/m0/s1. The van der Waals surface area contributed by atoms with E-state index >= 15 is 0 Å². The molecule has 5 aliphatic carbocycles. The molecule has 0 amide bonds. The average molecular weight is 327 g/mol. The molecule has 10 unspecified atom stereocenters. The number of fused-ring (bicyclic) bond motifs is 7. The minimum atomic E-state index is 0.650. The van der Waals surface area contributed by atoms with Crippen molar-refractivity contribution in [1.29, 1.82) is 0 Å². The monoisotopic (exact) mass is 326 g/mol. The largest absolute Gasteiger partial charge is 0.103 e. The summed E-state index contributed by atoms with van der Waals surface area (Å²) in [5, 5.41) is 0. The topological polar surface area (TPSA) is 0 Å². The summed E-state index contributed by atoms with van der Waals surface area (Å²) >= 11 is 0. The molecule has 5 saturated carbocycles. The highest BCUT2D eigenvalue weighted by Gasteiger charge is 2.69. The molecule has 0 aromatic heterocycles. The second kappa shape index (κ2) is 5.37. The van der Waals surface area contributed by atoms with E-state index in [0.717, 1.165) is 59.2 Å². The van der Waals surface area contributed by atoms with Gasteiger partial charge in [-0.15, -0.1) is 6.58 Å². The van der Waals surface area contributed by atoms with Crippen molar-refractivity contribution >= 4 is 0 Å². The van der Waals surface area contributed by atoms with Crippen LogP contribution < -0.4 is 0 Å². The normalized spacial score (nSPS) is 59.5. The van der Waals surface area contributed by atoms with Gasteiger partial charge in [0.05, 0.1) is 0 Å². The molecule has 0 radical (unpaired) electrons. The van der Waals surface area contributed by atoms with Crippen LogP contribution in [-0.2, 0) is 0 Å². The third-order valence-corrected chi connectivity index (χ3v) is 10.0. The van der Waals surface area contributed by atoms with E-state index in [-0.39, 0.29) is 0 Å². The summed E-state index contributed by atoms with van der Waals surface area (Å²) in [6.07, 6.45) is 14.7. The van der Waals surface area contributed by atoms with E-state index in [2.05, 4.69) is 33.4 Å². The van der Waals surface area contributed by atoms with Crippen molar-refractivity contribution in [2.75, 3.05) is 0 Å². The van der Waals surface area contributed by atoms with Crippen molar-refractivity contribution in [2.45, 2.75) is 72.1 Å². The molecule has 0 saturated heterocycles. The van der Waals surface area contributed by atoms with Crippen LogP contribution in [0.25, 0.3) is 0 Å². The lowest BCUT2D eigenvalue weighted by Gasteiger charge is -2.57. The molecule has 0 aromatic rings. The Hall–Kier alpha value is -0.260. The van der Waals surface area contributed by atoms with Crippen LogP contribution >= 0.6 is 0 Å². The first-order chi connectivity index (χ1) is 11.5. The maximum Gasteiger partial charge on any atom is -0.0228 e. The first-order valence-electron chi connectivity index (χ1n) is 11.2. The fourth-order valence-electron chi connectivity index (χ4n) is 9.25. The van der Waals surface area contributed by atoms with Crippen LogP contribution in [0.4, 0.5) is 0 Å². The number of rotatable bonds is 2. The van der Waals surface area contributed by atoms with Crippen LogP contribution in [0, 0.1) is 64.6 Å². The van der Waals surface area contributed by atoms with Crippen LogP contribution in [0.2, 0.25) is 0 Å². The summed E-state index contributed by atoms with van der Waals surface area (Å²) in [7, 11) is 0. The molecular formula is C24H38. The Labute approximate surface area is 149 Å². The van der Waals surface area contributed by atoms with Crippen molar-refractivity contribution in [3.8, 4) is 0 Å². The molecule has 5 aliphatic rings. The minimum absolute atomic E-state index is 0.650. The molecule has 5 rings (SSSR count). The molecule has 0 aliphatic heterocycles. The van der Waals surface area contributed by atoms with Crippen LogP contribution in [0.3, 0.4) is 0 Å². The number of allylic oxidation sites excluding steroid dienone is 1. The van der Waals surface area contributed by atoms with Gasteiger partial charge < -0.3 is 0 Å². The first-order valence-corrected chi connectivity index (χ1v) is 11.2. The Morgan fingerprint density at radius 2 is 1.71 bits per heavy atom. The van der Waals surface area contributed by atoms with Gasteiger partial charge in [0.25, 0.3) is 0 Å². The van der Waals surface area contributed by atoms with Crippen molar-refractivity contribution in [3.05, 3.63) is 12.7 Å². The molecule has 24 heavy (non-hydrogen) atoms. The first kappa shape index (κ1) is 16.0. The lowest BCUT2D eigenvalue weighted by molar-refractivity contribution is -0.0839. The predicted octanol–water partition coefficient (Wildman–Crippen LogP) is 6.57. The van der Waals surface area contributed by atoms with Gasteiger partial charge in [-0.05, 0) is 110 Å². The van der Waals surface area contributed by atoms with Crippen molar-refractivity contribution in [2.24, 2.45) is 64.6 Å². The van der Waals surface area contributed by atoms with Crippen LogP contribution in [0.1, 0.15) is 72.1 Å². The van der Waals surface area contributed by atoms with E-state index in [4.69, 9.17) is 0 Å². The zero-order chi connectivity index (χ0) is 16.6. The van der Waals surface area contributed by atoms with E-state index in [1.165, 1.54) is 12.8 Å². The van der Waals surface area contributed by atoms with Gasteiger partial charge in [-0.25, -0.2) is 0 Å². The summed E-state index contributed by atoms with van der Waals surface area (Å²) in [6.45, 7) is 11.8. The predicted molar refractivity (Wildman–Crippen MR) is 101 cm³/mol. The molecule has 0 heteroatoms. The summed E-state index contributed by atoms with van der Waals surface area (Å²) in [5.41, 5.74) is 0.650. The third-order valence-electron chi connectivity index (χ3n) is 10.0. The molecule has 0 bridgehead atoms. The minimum Gasteiger partial charge on any atom is -0.103 e. The van der Waals surface area contributed by atoms with Gasteiger partial charge in [0.2, 0.25) is 0 Å². The molecular weight excluding hydrogens is 288 g/mol. The van der Waals surface area contributed by atoms with Gasteiger partial charge in [-0.2, -0.15) is 0 Å². The molecule has 0 N–H and O–H groups in total. The van der Waals surface area contributed by atoms with Gasteiger partial charge >= 0.3 is 0 Å². The molecule has 0 aromatic carbocycles. The zero-order valence-electron chi connectivity index (χ0n) is 16.2. The summed E-state index contributed by atoms with van der Waals surface area (Å²) in [5.74, 6) is 10.3. The summed E-state index contributed by atoms with van der Waals surface area (Å²) in [6, 6.07) is 0. The smallest absolute Gasteiger partial charge is 0.0228 e. The van der Waals surface area contributed by atoms with Gasteiger partial charge in [-0.1, -0.05) is 33.3 Å². The van der Waals surface area contributed by atoms with E-state index < -0.39 is 0 Å². The van der Waals surface area contributed by atoms with E-state index in [1.807, 2.05) is 0 Å². The molecule has 11 atom stereocenters. The van der Waals surface area contributed by atoms with E-state index in [1.54, 1.807) is 38.5 Å². The van der Waals surface area contributed by atoms with E-state index in [9.17, 15) is 0 Å². The van der Waals surface area contributed by atoms with Crippen LogP contribution in [0.5, 0.6) is 0 Å². The molecule has 5 fully saturated rings. The molecule has 134 valence electrons. The van der Waals surface area contributed by atoms with Gasteiger partial charge in [0.1, 0.15) is 0 Å². The molecule has 0 heterocycles. The van der Waals surface area contributed by atoms with Gasteiger partial charge in [0, 0.05) is 0 Å². The Morgan fingerprint density at radius 3 is 2.50 bits per heavy atom. The highest BCUT2D eigenvalue weighted by molar-refractivity contribution is 5.18. The average Bonchev–Trinajstić information content (AvgIpc) is 3.28. The van der Waals surface area contributed by atoms with Crippen molar-refractivity contribution in [3.63, 3.8) is 0 Å². The number of hydrogen-bond donors (Lipinski definition) is 0. The highest BCUT2D eigenvalue weighted by Crippen LogP contribution is 2.75. The van der Waals surface area contributed by atoms with Gasteiger partial charge in [0.15, 0.2) is 0 Å². The SMILES string of the molecule is C=CC(C)C1[C@H]2CC2C2C3CCC4CC(C)CCC4C3CCC21C. The lowest BCUT2D eigenvalue weighted by Crippen LogP contribution is -2.50. The fraction of sp³-hybridized carbons (Fsp3) is 0.917. The van der Waals surface area contributed by atoms with E-state index in [0.29, 0.717) is 5.41 Å². The quantitative estimate of drug-likeness (QED) is 0.503. The maximum atomic E-state index is 4.17. The second-order valence-electron chi connectivity index (χ2n) is 11.0. The second-order valence-corrected chi connectivity index (χ2v) is 11.0. The Kier molecular flexibility index (Phi) is 3.57.